The lowest BCUT2D eigenvalue weighted by Gasteiger charge is -2.31. The number of carbonyl (C=O) groups is 3. The fourth-order valence-electron chi connectivity index (χ4n) is 9.37. The van der Waals surface area contributed by atoms with Crippen molar-refractivity contribution in [2.24, 2.45) is 0 Å². The summed E-state index contributed by atoms with van der Waals surface area (Å²) >= 11 is 0. The number of hydrogen-bond donors (Lipinski definition) is 0. The first kappa shape index (κ1) is 104. The first-order chi connectivity index (χ1) is 56.1. The van der Waals surface area contributed by atoms with Crippen LogP contribution < -0.4 is 0 Å². The van der Waals surface area contributed by atoms with Crippen molar-refractivity contribution in [3.63, 3.8) is 0 Å². The number of carbonyl (C=O) groups excluding carboxylic acids is 3. The second-order valence-corrected chi connectivity index (χ2v) is 37.2. The first-order valence-corrected chi connectivity index (χ1v) is 43.7. The summed E-state index contributed by atoms with van der Waals surface area (Å²) in [4.78, 5) is 45.2. The van der Waals surface area contributed by atoms with Crippen LogP contribution in [0.25, 0.3) is 0 Å². The highest BCUT2D eigenvalue weighted by Gasteiger charge is 2.63. The van der Waals surface area contributed by atoms with Crippen LogP contribution in [-0.2, 0) is 111 Å². The van der Waals surface area contributed by atoms with Crippen molar-refractivity contribution < 1.29 is 130 Å². The first-order valence-electron chi connectivity index (χ1n) is 35.8. The number of esters is 3. The topological polar surface area (TPSA) is 278 Å². The van der Waals surface area contributed by atoms with Crippen molar-refractivity contribution in [1.29, 1.82) is 0 Å². The van der Waals surface area contributed by atoms with E-state index in [1.54, 1.807) is 0 Å². The zero-order chi connectivity index (χ0) is 91.1. The van der Waals surface area contributed by atoms with E-state index in [-0.39, 0.29) is 54.8 Å². The van der Waals surface area contributed by atoms with Gasteiger partial charge < -0.3 is 42.1 Å². The molecule has 0 spiro atoms. The van der Waals surface area contributed by atoms with Crippen molar-refractivity contribution >= 4 is 80.9 Å². The van der Waals surface area contributed by atoms with Gasteiger partial charge in [-0.2, -0.15) is 48.3 Å². The van der Waals surface area contributed by atoms with Gasteiger partial charge in [0.25, 0.3) is 0 Å². The minimum Gasteiger partial charge on any atom is -0.743 e. The Morgan fingerprint density at radius 2 is 0.636 bits per heavy atom. The number of ether oxygens (including phenoxy) is 6. The molecule has 0 aliphatic rings. The van der Waals surface area contributed by atoms with Crippen molar-refractivity contribution in [1.82, 2.24) is 0 Å². The molecular weight excluding hydrogens is 1720 g/mol. The molecule has 9 aromatic carbocycles. The third-order valence-corrected chi connectivity index (χ3v) is 24.9. The van der Waals surface area contributed by atoms with E-state index >= 15 is 0 Å². The van der Waals surface area contributed by atoms with Gasteiger partial charge in [0.1, 0.15) is 6.61 Å². The molecule has 0 aliphatic heterocycles. The molecule has 9 aromatic rings. The molecule has 18 nitrogen and oxygen atoms in total. The lowest BCUT2D eigenvalue weighted by Crippen LogP contribution is -2.52. The van der Waals surface area contributed by atoms with Crippen LogP contribution in [0, 0.1) is 6.92 Å². The average molecular weight is 1810 g/mol. The molecule has 0 fully saturated rings. The molecule has 0 radical (unpaired) electrons. The zero-order valence-corrected chi connectivity index (χ0v) is 71.7. The van der Waals surface area contributed by atoms with Gasteiger partial charge in [-0.1, -0.05) is 198 Å². The summed E-state index contributed by atoms with van der Waals surface area (Å²) in [6.45, 7) is 22.3. The van der Waals surface area contributed by atoms with Crippen LogP contribution in [0.2, 0.25) is 0 Å². The lowest BCUT2D eigenvalue weighted by atomic mass is 9.87. The van der Waals surface area contributed by atoms with E-state index in [0.29, 0.717) is 6.92 Å². The van der Waals surface area contributed by atoms with E-state index in [9.17, 15) is 102 Å². The number of halogens is 11. The minimum absolute atomic E-state index is 0.000221. The molecule has 0 bridgehead atoms. The van der Waals surface area contributed by atoms with Crippen molar-refractivity contribution in [3.05, 3.63) is 308 Å². The zero-order valence-electron chi connectivity index (χ0n) is 66.8. The molecule has 0 aliphatic carbocycles. The smallest absolute Gasteiger partial charge is 0.421 e. The molecule has 0 saturated heterocycles. The van der Waals surface area contributed by atoms with Gasteiger partial charge in [-0.25, -0.2) is 39.6 Å². The van der Waals surface area contributed by atoms with Crippen LogP contribution >= 0.6 is 0 Å². The number of aryl methyl sites for hydroxylation is 1. The fourth-order valence-corrected chi connectivity index (χ4v) is 16.8. The van der Waals surface area contributed by atoms with Crippen LogP contribution in [0.1, 0.15) is 79.9 Å². The Morgan fingerprint density at radius 3 is 0.876 bits per heavy atom. The molecule has 4 atom stereocenters. The Balaban J connectivity index is 0.000000306. The van der Waals surface area contributed by atoms with E-state index in [4.69, 9.17) is 0 Å². The molecule has 654 valence electrons. The number of rotatable bonds is 29. The third-order valence-electron chi connectivity index (χ3n) is 15.6. The average Bonchev–Trinajstić information content (AvgIpc) is 0.758. The summed E-state index contributed by atoms with van der Waals surface area (Å²) in [6.07, 6.45) is -16.9. The van der Waals surface area contributed by atoms with Gasteiger partial charge in [-0.15, -0.1) is 0 Å². The quantitative estimate of drug-likeness (QED) is 0.00801. The standard InChI is InChI=1S/C22H23S.C19H17S.C18H15S.C10H14F4O6S.C9H11F5O6S.C8H12F2O6S/c1-22(2,3)18-14-16-21(17-15-18)23(19-10-6-4-7-11-19)20-12-8-5-9-13-20;1-16-12-14-19(15-13-16)20(17-8-4-2-5-9-17)18-10-6-3-7-11-18;1-4-10-16(11-5-1)19(17-12-6-2-7-13-17)18-14-8-3-9-15-18;1-6(2)8(15)20-7(3)19-5-4-9(11,12)10(13,14)21(16,17)18;1-4(2)6(15)19-5(3)20-7(8(10,11)12)9(13,14)21(16,17)18;1-5(2)7(11)16-6(3)15-4-8(9,10)17(12,13)14/h4-17H,1-3H3;2-15H,1H3;1-15H;7H,1,4-5H2,2-3H3,(H,16,17,18);5,7H,1H2,2-3H3,(H,16,17,18);6H,1,4H2,2-3H3,(H,12,13,14)/q3*+1;;;/p-3. The van der Waals surface area contributed by atoms with Gasteiger partial charge >= 0.3 is 45.8 Å². The second kappa shape index (κ2) is 46.7. The Morgan fingerprint density at radius 1 is 0.380 bits per heavy atom. The molecular formula is C86H89F11O18S6. The molecule has 35 heteroatoms. The minimum atomic E-state index is -6.66. The summed E-state index contributed by atoms with van der Waals surface area (Å²) < 4.78 is 257. The molecule has 0 N–H and O–H groups in total. The second-order valence-electron chi connectivity index (χ2n) is 26.7. The summed E-state index contributed by atoms with van der Waals surface area (Å²) in [7, 11) is -19.1. The van der Waals surface area contributed by atoms with Gasteiger partial charge in [0, 0.05) is 23.1 Å². The Kier molecular flexibility index (Phi) is 40.0. The lowest BCUT2D eigenvalue weighted by molar-refractivity contribution is -0.299. The van der Waals surface area contributed by atoms with E-state index in [1.807, 2.05) is 0 Å². The third kappa shape index (κ3) is 33.3. The van der Waals surface area contributed by atoms with Crippen LogP contribution in [0.15, 0.2) is 341 Å². The Hall–Kier alpha value is -9.50. The van der Waals surface area contributed by atoms with Gasteiger partial charge in [0.2, 0.25) is 18.7 Å². The highest BCUT2D eigenvalue weighted by Crippen LogP contribution is 2.42. The predicted octanol–water partition coefficient (Wildman–Crippen LogP) is 19.7. The monoisotopic (exact) mass is 1810 g/mol. The Labute approximate surface area is 706 Å². The fraction of sp³-hybridized carbons (Fsp3) is 0.267. The number of benzene rings is 9. The number of hydrogen-bond acceptors (Lipinski definition) is 18. The predicted molar refractivity (Wildman–Crippen MR) is 435 cm³/mol. The molecule has 0 saturated carbocycles. The van der Waals surface area contributed by atoms with E-state index in [0.717, 1.165) is 20.8 Å². The molecule has 0 aromatic heterocycles. The summed E-state index contributed by atoms with van der Waals surface area (Å²) in [6, 6.07) is 93.3. The van der Waals surface area contributed by atoms with Gasteiger partial charge in [0.15, 0.2) is 80.7 Å². The van der Waals surface area contributed by atoms with Crippen molar-refractivity contribution in [2.75, 3.05) is 13.2 Å². The van der Waals surface area contributed by atoms with Crippen molar-refractivity contribution in [2.45, 2.75) is 178 Å². The molecule has 0 heterocycles. The molecule has 0 amide bonds. The Bertz CT molecular complexity index is 4940. The van der Waals surface area contributed by atoms with E-state index in [1.165, 1.54) is 69.0 Å². The largest absolute Gasteiger partial charge is 0.743 e. The maximum absolute atomic E-state index is 13.0. The maximum Gasteiger partial charge on any atom is 0.421 e. The molecule has 9 rings (SSSR count). The van der Waals surface area contributed by atoms with Gasteiger partial charge in [0.05, 0.1) is 39.3 Å². The summed E-state index contributed by atoms with van der Waals surface area (Å²) in [5.74, 6) is -8.14. The van der Waals surface area contributed by atoms with Crippen LogP contribution in [-0.4, -0.2) is 123 Å². The van der Waals surface area contributed by atoms with Crippen molar-refractivity contribution in [3.8, 4) is 0 Å². The van der Waals surface area contributed by atoms with Crippen LogP contribution in [0.3, 0.4) is 0 Å². The highest BCUT2D eigenvalue weighted by molar-refractivity contribution is 7.97. The van der Waals surface area contributed by atoms with E-state index < -0.39 is 121 Å². The normalized spacial score (nSPS) is 13.0. The van der Waals surface area contributed by atoms with Crippen LogP contribution in [0.4, 0.5) is 48.3 Å². The van der Waals surface area contributed by atoms with Crippen LogP contribution in [0.5, 0.6) is 0 Å². The summed E-state index contributed by atoms with van der Waals surface area (Å²) in [5, 5.41) is -16.1. The molecule has 121 heavy (non-hydrogen) atoms. The van der Waals surface area contributed by atoms with E-state index in [2.05, 4.69) is 337 Å². The van der Waals surface area contributed by atoms with Gasteiger partial charge in [-0.05, 0) is 169 Å². The number of alkyl halides is 11. The summed E-state index contributed by atoms with van der Waals surface area (Å²) in [5.41, 5.74) is 2.63. The maximum atomic E-state index is 13.0. The highest BCUT2D eigenvalue weighted by atomic mass is 32.2. The molecule has 4 unspecified atom stereocenters. The SMILES string of the molecule is C=C(C)C(=O)OC(C)OC(C(F)(F)F)C(F)(F)S(=O)(=O)[O-].C=C(C)C(=O)OC(C)OCC(F)(F)S(=O)(=O)[O-].C=C(C)C(=O)OC(C)OCCC(F)(F)C(F)(F)S(=O)(=O)[O-].CC(C)(C)c1ccc([S+](c2ccccc2)c2ccccc2)cc1.Cc1ccc([S+](c2ccccc2)c2ccccc2)cc1.c1ccc([S+](c2ccccc2)c2ccccc2)cc1. The van der Waals surface area contributed by atoms with Gasteiger partial charge in [-0.3, -0.25) is 0 Å².